The average molecular weight is 416 g/mol. The summed E-state index contributed by atoms with van der Waals surface area (Å²) in [7, 11) is 1.62. The molecule has 1 unspecified atom stereocenters. The second-order valence-corrected chi connectivity index (χ2v) is 7.61. The summed E-state index contributed by atoms with van der Waals surface area (Å²) in [5.74, 6) is -0.607. The van der Waals surface area contributed by atoms with Crippen molar-refractivity contribution in [3.63, 3.8) is 0 Å². The van der Waals surface area contributed by atoms with Crippen LogP contribution in [0.4, 0.5) is 5.69 Å². The number of non-ortho nitro benzene ring substituents is 1. The number of nitro benzene ring substituents is 1. The van der Waals surface area contributed by atoms with Gasteiger partial charge in [0, 0.05) is 50.3 Å². The molecule has 0 N–H and O–H groups in total. The Morgan fingerprint density at radius 1 is 1.28 bits per heavy atom. The van der Waals surface area contributed by atoms with Gasteiger partial charge in [-0.2, -0.15) is 0 Å². The molecule has 152 valence electrons. The zero-order valence-corrected chi connectivity index (χ0v) is 16.8. The van der Waals surface area contributed by atoms with Gasteiger partial charge in [-0.05, 0) is 23.6 Å². The van der Waals surface area contributed by atoms with Crippen LogP contribution in [0.2, 0.25) is 5.02 Å². The summed E-state index contributed by atoms with van der Waals surface area (Å²) in [6.07, 6.45) is 0.924. The Morgan fingerprint density at radius 2 is 2.00 bits per heavy atom. The number of carbonyl (C=O) groups is 2. The molecule has 1 saturated heterocycles. The van der Waals surface area contributed by atoms with Crippen molar-refractivity contribution in [3.8, 4) is 0 Å². The van der Waals surface area contributed by atoms with Gasteiger partial charge >= 0.3 is 0 Å². The van der Waals surface area contributed by atoms with Gasteiger partial charge in [-0.25, -0.2) is 0 Å². The zero-order chi connectivity index (χ0) is 21.0. The minimum absolute atomic E-state index is 0.0268. The lowest BCUT2D eigenvalue weighted by Gasteiger charge is -2.22. The van der Waals surface area contributed by atoms with Gasteiger partial charge in [0.25, 0.3) is 5.69 Å². The number of nitro groups is 1. The molecule has 8 heteroatoms. The van der Waals surface area contributed by atoms with Crippen molar-refractivity contribution in [2.24, 2.45) is 5.92 Å². The lowest BCUT2D eigenvalue weighted by Crippen LogP contribution is -2.34. The molecular weight excluding hydrogens is 394 g/mol. The fraction of sp³-hybridized carbons (Fsp3) is 0.333. The Kier molecular flexibility index (Phi) is 6.49. The molecule has 1 fully saturated rings. The van der Waals surface area contributed by atoms with Crippen molar-refractivity contribution in [2.75, 3.05) is 20.1 Å². The van der Waals surface area contributed by atoms with Gasteiger partial charge in [-0.15, -0.1) is 0 Å². The van der Waals surface area contributed by atoms with E-state index in [4.69, 9.17) is 11.6 Å². The fourth-order valence-electron chi connectivity index (χ4n) is 3.50. The van der Waals surface area contributed by atoms with E-state index in [2.05, 4.69) is 0 Å². The van der Waals surface area contributed by atoms with E-state index in [9.17, 15) is 19.7 Å². The lowest BCUT2D eigenvalue weighted by atomic mass is 10.1. The Balaban J connectivity index is 1.59. The van der Waals surface area contributed by atoms with E-state index in [0.29, 0.717) is 23.7 Å². The molecule has 7 nitrogen and oxygen atoms in total. The number of benzene rings is 2. The van der Waals surface area contributed by atoms with Crippen molar-refractivity contribution in [2.45, 2.75) is 19.4 Å². The van der Waals surface area contributed by atoms with E-state index in [-0.39, 0.29) is 30.5 Å². The highest BCUT2D eigenvalue weighted by molar-refractivity contribution is 6.31. The normalized spacial score (nSPS) is 16.1. The van der Waals surface area contributed by atoms with E-state index >= 15 is 0 Å². The quantitative estimate of drug-likeness (QED) is 0.513. The molecule has 0 bridgehead atoms. The standard InChI is InChI=1S/C21H22ClN3O4/c1-23(13-16-11-18(25(28)29)7-8-19(16)22)21(27)17-12-20(26)24(14-17)10-9-15-5-3-2-4-6-15/h2-8,11,17H,9-10,12-14H2,1H3. The van der Waals surface area contributed by atoms with Crippen LogP contribution in [0.1, 0.15) is 17.5 Å². The Labute approximate surface area is 174 Å². The van der Waals surface area contributed by atoms with Crippen LogP contribution in [-0.2, 0) is 22.6 Å². The molecular formula is C21H22ClN3O4. The summed E-state index contributed by atoms with van der Waals surface area (Å²) in [5, 5.41) is 11.3. The maximum absolute atomic E-state index is 12.8. The largest absolute Gasteiger partial charge is 0.342 e. The molecule has 0 spiro atoms. The number of hydrogen-bond donors (Lipinski definition) is 0. The minimum atomic E-state index is -0.498. The molecule has 2 aromatic rings. The Morgan fingerprint density at radius 3 is 2.69 bits per heavy atom. The van der Waals surface area contributed by atoms with Gasteiger partial charge in [-0.3, -0.25) is 19.7 Å². The first kappa shape index (κ1) is 20.8. The van der Waals surface area contributed by atoms with E-state index in [1.165, 1.54) is 23.1 Å². The number of hydrogen-bond acceptors (Lipinski definition) is 4. The molecule has 1 heterocycles. The third-order valence-electron chi connectivity index (χ3n) is 5.10. The summed E-state index contributed by atoms with van der Waals surface area (Å²) in [5.41, 5.74) is 1.57. The molecule has 29 heavy (non-hydrogen) atoms. The Hall–Kier alpha value is -2.93. The van der Waals surface area contributed by atoms with Gasteiger partial charge in [0.2, 0.25) is 11.8 Å². The molecule has 1 atom stereocenters. The smallest absolute Gasteiger partial charge is 0.269 e. The van der Waals surface area contributed by atoms with Gasteiger partial charge in [0.15, 0.2) is 0 Å². The number of halogens is 1. The molecule has 2 amide bonds. The summed E-state index contributed by atoms with van der Waals surface area (Å²) in [6.45, 7) is 1.11. The zero-order valence-electron chi connectivity index (χ0n) is 16.1. The first-order valence-electron chi connectivity index (χ1n) is 9.34. The highest BCUT2D eigenvalue weighted by atomic mass is 35.5. The molecule has 3 rings (SSSR count). The summed E-state index contributed by atoms with van der Waals surface area (Å²) in [4.78, 5) is 38.8. The topological polar surface area (TPSA) is 83.8 Å². The summed E-state index contributed by atoms with van der Waals surface area (Å²) in [6, 6.07) is 14.1. The van der Waals surface area contributed by atoms with E-state index in [1.807, 2.05) is 30.3 Å². The van der Waals surface area contributed by atoms with Crippen molar-refractivity contribution in [1.82, 2.24) is 9.80 Å². The van der Waals surface area contributed by atoms with Gasteiger partial charge in [0.05, 0.1) is 10.8 Å². The van der Waals surface area contributed by atoms with E-state index < -0.39 is 10.8 Å². The van der Waals surface area contributed by atoms with Crippen molar-refractivity contribution in [1.29, 1.82) is 0 Å². The highest BCUT2D eigenvalue weighted by Gasteiger charge is 2.35. The molecule has 0 aromatic heterocycles. The van der Waals surface area contributed by atoms with Crippen molar-refractivity contribution in [3.05, 3.63) is 74.8 Å². The van der Waals surface area contributed by atoms with Crippen LogP contribution in [0, 0.1) is 16.0 Å². The van der Waals surface area contributed by atoms with Crippen LogP contribution >= 0.6 is 11.6 Å². The third kappa shape index (κ3) is 5.12. The van der Waals surface area contributed by atoms with Gasteiger partial charge < -0.3 is 9.80 Å². The van der Waals surface area contributed by atoms with Crippen molar-refractivity contribution < 1.29 is 14.5 Å². The van der Waals surface area contributed by atoms with Crippen LogP contribution in [0.5, 0.6) is 0 Å². The number of rotatable bonds is 7. The van der Waals surface area contributed by atoms with Crippen LogP contribution in [0.3, 0.4) is 0 Å². The number of likely N-dealkylation sites (tertiary alicyclic amines) is 1. The second kappa shape index (κ2) is 9.05. The third-order valence-corrected chi connectivity index (χ3v) is 5.47. The van der Waals surface area contributed by atoms with E-state index in [1.54, 1.807) is 11.9 Å². The first-order chi connectivity index (χ1) is 13.8. The summed E-state index contributed by atoms with van der Waals surface area (Å²) >= 11 is 6.13. The Bertz CT molecular complexity index is 919. The maximum atomic E-state index is 12.8. The predicted molar refractivity (Wildman–Crippen MR) is 109 cm³/mol. The average Bonchev–Trinajstić information content (AvgIpc) is 3.08. The molecule has 0 saturated carbocycles. The maximum Gasteiger partial charge on any atom is 0.269 e. The number of carbonyl (C=O) groups excluding carboxylic acids is 2. The highest BCUT2D eigenvalue weighted by Crippen LogP contribution is 2.25. The predicted octanol–water partition coefficient (Wildman–Crippen LogP) is 3.30. The van der Waals surface area contributed by atoms with E-state index in [0.717, 1.165) is 12.0 Å². The second-order valence-electron chi connectivity index (χ2n) is 7.20. The number of nitrogens with zero attached hydrogens (tertiary/aromatic N) is 3. The van der Waals surface area contributed by atoms with Gasteiger partial charge in [0.1, 0.15) is 0 Å². The molecule has 2 aromatic carbocycles. The molecule has 0 radical (unpaired) electrons. The minimum Gasteiger partial charge on any atom is -0.342 e. The first-order valence-corrected chi connectivity index (χ1v) is 9.72. The molecule has 0 aliphatic carbocycles. The lowest BCUT2D eigenvalue weighted by molar-refractivity contribution is -0.384. The van der Waals surface area contributed by atoms with Crippen molar-refractivity contribution >= 4 is 29.1 Å². The molecule has 1 aliphatic rings. The van der Waals surface area contributed by atoms with Gasteiger partial charge in [-0.1, -0.05) is 41.9 Å². The monoisotopic (exact) mass is 415 g/mol. The molecule has 1 aliphatic heterocycles. The van der Waals surface area contributed by atoms with Crippen LogP contribution in [0.15, 0.2) is 48.5 Å². The number of amides is 2. The van der Waals surface area contributed by atoms with Crippen LogP contribution in [-0.4, -0.2) is 46.7 Å². The SMILES string of the molecule is CN(Cc1cc([N+](=O)[O-])ccc1Cl)C(=O)C1CC(=O)N(CCc2ccccc2)C1. The fourth-order valence-corrected chi connectivity index (χ4v) is 3.68. The van der Waals surface area contributed by atoms with Crippen LogP contribution < -0.4 is 0 Å². The summed E-state index contributed by atoms with van der Waals surface area (Å²) < 4.78 is 0. The van der Waals surface area contributed by atoms with Crippen LogP contribution in [0.25, 0.3) is 0 Å².